The highest BCUT2D eigenvalue weighted by atomic mass is 127. The largest absolute Gasteiger partial charge is 0.373 e. The first-order chi connectivity index (χ1) is 7.00. The lowest BCUT2D eigenvalue weighted by Gasteiger charge is -2.21. The molecule has 0 aliphatic heterocycles. The van der Waals surface area contributed by atoms with Crippen LogP contribution in [0.25, 0.3) is 0 Å². The van der Waals surface area contributed by atoms with E-state index in [0.717, 1.165) is 21.7 Å². The highest BCUT2D eigenvalue weighted by molar-refractivity contribution is 14.1. The lowest BCUT2D eigenvalue weighted by atomic mass is 10.3. The van der Waals surface area contributed by atoms with Gasteiger partial charge in [-0.15, -0.1) is 0 Å². The number of hydrogen-bond acceptors (Lipinski definition) is 2. The van der Waals surface area contributed by atoms with Crippen LogP contribution in [0.1, 0.15) is 0 Å². The molecule has 0 unspecified atom stereocenters. The molecule has 0 aliphatic carbocycles. The van der Waals surface area contributed by atoms with Crippen molar-refractivity contribution in [1.29, 1.82) is 0 Å². The molecule has 2 nitrogen and oxygen atoms in total. The SMILES string of the molecule is CN(C)CCN(C)c1ccc(I)c(Cl)c1. The van der Waals surface area contributed by atoms with E-state index in [2.05, 4.69) is 59.6 Å². The van der Waals surface area contributed by atoms with E-state index in [-0.39, 0.29) is 0 Å². The van der Waals surface area contributed by atoms with Crippen molar-refractivity contribution in [3.05, 3.63) is 26.8 Å². The molecule has 1 aromatic rings. The number of anilines is 1. The summed E-state index contributed by atoms with van der Waals surface area (Å²) in [5, 5.41) is 0.824. The molecule has 84 valence electrons. The molecule has 1 rings (SSSR count). The van der Waals surface area contributed by atoms with Crippen LogP contribution in [-0.2, 0) is 0 Å². The van der Waals surface area contributed by atoms with E-state index in [0.29, 0.717) is 0 Å². The highest BCUT2D eigenvalue weighted by Gasteiger charge is 2.03. The van der Waals surface area contributed by atoms with Gasteiger partial charge in [0.15, 0.2) is 0 Å². The van der Waals surface area contributed by atoms with Gasteiger partial charge in [0.1, 0.15) is 0 Å². The highest BCUT2D eigenvalue weighted by Crippen LogP contribution is 2.24. The summed E-state index contributed by atoms with van der Waals surface area (Å²) in [6.45, 7) is 2.05. The van der Waals surface area contributed by atoms with Crippen molar-refractivity contribution in [3.8, 4) is 0 Å². The Morgan fingerprint density at radius 1 is 1.20 bits per heavy atom. The van der Waals surface area contributed by atoms with E-state index in [1.165, 1.54) is 5.69 Å². The van der Waals surface area contributed by atoms with Gasteiger partial charge in [0.05, 0.1) is 5.02 Å². The Labute approximate surface area is 110 Å². The molecule has 0 spiro atoms. The van der Waals surface area contributed by atoms with Gasteiger partial charge in [-0.3, -0.25) is 0 Å². The predicted octanol–water partition coefficient (Wildman–Crippen LogP) is 2.94. The van der Waals surface area contributed by atoms with Gasteiger partial charge in [-0.25, -0.2) is 0 Å². The number of benzene rings is 1. The molecule has 1 aromatic carbocycles. The van der Waals surface area contributed by atoms with Gasteiger partial charge in [-0.1, -0.05) is 11.6 Å². The van der Waals surface area contributed by atoms with Crippen LogP contribution >= 0.6 is 34.2 Å². The molecule has 0 aliphatic rings. The maximum atomic E-state index is 6.08. The molecule has 0 radical (unpaired) electrons. The average molecular weight is 339 g/mol. The van der Waals surface area contributed by atoms with Crippen LogP contribution in [0.2, 0.25) is 5.02 Å². The molecule has 0 fully saturated rings. The third kappa shape index (κ3) is 4.17. The Bertz CT molecular complexity index is 328. The van der Waals surface area contributed by atoms with Crippen LogP contribution in [0.15, 0.2) is 18.2 Å². The zero-order chi connectivity index (χ0) is 11.4. The molecule has 0 saturated heterocycles. The van der Waals surface area contributed by atoms with Crippen molar-refractivity contribution >= 4 is 39.9 Å². The van der Waals surface area contributed by atoms with Gasteiger partial charge < -0.3 is 9.80 Å². The van der Waals surface area contributed by atoms with Crippen molar-refractivity contribution in [2.75, 3.05) is 39.1 Å². The first-order valence-electron chi connectivity index (χ1n) is 4.81. The molecule has 0 bridgehead atoms. The molecule has 0 saturated carbocycles. The fraction of sp³-hybridized carbons (Fsp3) is 0.455. The smallest absolute Gasteiger partial charge is 0.0560 e. The van der Waals surface area contributed by atoms with Crippen molar-refractivity contribution in [3.63, 3.8) is 0 Å². The third-order valence-corrected chi connectivity index (χ3v) is 3.80. The van der Waals surface area contributed by atoms with Gasteiger partial charge in [0.2, 0.25) is 0 Å². The molecule has 0 aromatic heterocycles. The van der Waals surface area contributed by atoms with Crippen molar-refractivity contribution in [2.24, 2.45) is 0 Å². The molecule has 0 N–H and O–H groups in total. The van der Waals surface area contributed by atoms with Crippen LogP contribution in [0.3, 0.4) is 0 Å². The van der Waals surface area contributed by atoms with E-state index < -0.39 is 0 Å². The third-order valence-electron chi connectivity index (χ3n) is 2.23. The van der Waals surface area contributed by atoms with E-state index in [1.807, 2.05) is 12.1 Å². The minimum absolute atomic E-state index is 0.824. The summed E-state index contributed by atoms with van der Waals surface area (Å²) in [6, 6.07) is 6.16. The average Bonchev–Trinajstić information content (AvgIpc) is 2.18. The molecule has 0 amide bonds. The summed E-state index contributed by atoms with van der Waals surface area (Å²) < 4.78 is 1.10. The van der Waals surface area contributed by atoms with E-state index in [4.69, 9.17) is 11.6 Å². The summed E-state index contributed by atoms with van der Waals surface area (Å²) >= 11 is 8.31. The Morgan fingerprint density at radius 2 is 1.87 bits per heavy atom. The van der Waals surface area contributed by atoms with Crippen LogP contribution in [0.4, 0.5) is 5.69 Å². The van der Waals surface area contributed by atoms with Gasteiger partial charge in [0.25, 0.3) is 0 Å². The molecular weight excluding hydrogens is 322 g/mol. The Kier molecular flexibility index (Phi) is 5.15. The minimum Gasteiger partial charge on any atom is -0.373 e. The van der Waals surface area contributed by atoms with E-state index in [9.17, 15) is 0 Å². The zero-order valence-corrected chi connectivity index (χ0v) is 12.2. The molecule has 4 heteroatoms. The summed E-state index contributed by atoms with van der Waals surface area (Å²) in [5.41, 5.74) is 1.17. The van der Waals surface area contributed by atoms with Crippen LogP contribution < -0.4 is 4.90 Å². The normalized spacial score (nSPS) is 10.8. The monoisotopic (exact) mass is 338 g/mol. The number of nitrogens with zero attached hydrogens (tertiary/aromatic N) is 2. The lowest BCUT2D eigenvalue weighted by Crippen LogP contribution is -2.28. The van der Waals surface area contributed by atoms with Crippen LogP contribution in [0.5, 0.6) is 0 Å². The van der Waals surface area contributed by atoms with Gasteiger partial charge >= 0.3 is 0 Å². The Hall–Kier alpha value is -0.0000000000000000555. The standard InChI is InChI=1S/C11H16ClIN2/c1-14(2)6-7-15(3)9-4-5-11(13)10(12)8-9/h4-5,8H,6-7H2,1-3H3. The van der Waals surface area contributed by atoms with Gasteiger partial charge in [-0.05, 0) is 54.9 Å². The molecule has 0 atom stereocenters. The summed E-state index contributed by atoms with van der Waals surface area (Å²) in [6.07, 6.45) is 0. The van der Waals surface area contributed by atoms with Crippen molar-refractivity contribution < 1.29 is 0 Å². The quantitative estimate of drug-likeness (QED) is 0.779. The Morgan fingerprint density at radius 3 is 2.40 bits per heavy atom. The first-order valence-corrected chi connectivity index (χ1v) is 6.27. The maximum absolute atomic E-state index is 6.08. The fourth-order valence-electron chi connectivity index (χ4n) is 1.20. The van der Waals surface area contributed by atoms with Gasteiger partial charge in [0, 0.05) is 29.4 Å². The number of hydrogen-bond donors (Lipinski definition) is 0. The number of rotatable bonds is 4. The van der Waals surface area contributed by atoms with E-state index in [1.54, 1.807) is 0 Å². The summed E-state index contributed by atoms with van der Waals surface area (Å²) in [5.74, 6) is 0. The van der Waals surface area contributed by atoms with Crippen molar-refractivity contribution in [2.45, 2.75) is 0 Å². The second-order valence-electron chi connectivity index (χ2n) is 3.82. The zero-order valence-electron chi connectivity index (χ0n) is 9.30. The second kappa shape index (κ2) is 5.92. The lowest BCUT2D eigenvalue weighted by molar-refractivity contribution is 0.416. The molecule has 15 heavy (non-hydrogen) atoms. The predicted molar refractivity (Wildman–Crippen MR) is 76.0 cm³/mol. The maximum Gasteiger partial charge on any atom is 0.0560 e. The van der Waals surface area contributed by atoms with Crippen molar-refractivity contribution in [1.82, 2.24) is 4.90 Å². The number of halogens is 2. The first kappa shape index (κ1) is 13.1. The summed E-state index contributed by atoms with van der Waals surface area (Å²) in [4.78, 5) is 4.38. The van der Waals surface area contributed by atoms with Crippen LogP contribution in [-0.4, -0.2) is 39.1 Å². The minimum atomic E-state index is 0.824. The molecule has 0 heterocycles. The second-order valence-corrected chi connectivity index (χ2v) is 5.39. The fourth-order valence-corrected chi connectivity index (χ4v) is 1.71. The Balaban J connectivity index is 2.65. The van der Waals surface area contributed by atoms with Crippen LogP contribution in [0, 0.1) is 3.57 Å². The van der Waals surface area contributed by atoms with E-state index >= 15 is 0 Å². The summed E-state index contributed by atoms with van der Waals surface area (Å²) in [7, 11) is 6.24. The van der Waals surface area contributed by atoms with Gasteiger partial charge in [-0.2, -0.15) is 0 Å². The number of likely N-dealkylation sites (N-methyl/N-ethyl adjacent to an activating group) is 2. The topological polar surface area (TPSA) is 6.48 Å². The molecular formula is C11H16ClIN2.